The second-order valence-electron chi connectivity index (χ2n) is 3.73. The Kier molecular flexibility index (Phi) is 4.31. The summed E-state index contributed by atoms with van der Waals surface area (Å²) in [4.78, 5) is 0. The maximum absolute atomic E-state index is 5.91. The van der Waals surface area contributed by atoms with Crippen LogP contribution in [0, 0.1) is 5.92 Å². The molecular formula is C12H17Cl. The number of benzene rings is 1. The van der Waals surface area contributed by atoms with E-state index in [0.717, 1.165) is 17.4 Å². The van der Waals surface area contributed by atoms with Gasteiger partial charge in [0, 0.05) is 5.02 Å². The monoisotopic (exact) mass is 196 g/mol. The molecule has 0 spiro atoms. The van der Waals surface area contributed by atoms with Gasteiger partial charge in [0.05, 0.1) is 0 Å². The van der Waals surface area contributed by atoms with Crippen LogP contribution in [0.1, 0.15) is 32.3 Å². The van der Waals surface area contributed by atoms with Crippen molar-refractivity contribution >= 4 is 11.6 Å². The Morgan fingerprint density at radius 1 is 1.38 bits per heavy atom. The highest BCUT2D eigenvalue weighted by Gasteiger charge is 2.02. The van der Waals surface area contributed by atoms with Gasteiger partial charge in [0.2, 0.25) is 0 Å². The standard InChI is InChI=1S/C12H17Cl/c1-3-5-10(2)8-11-6-4-7-12(13)9-11/h4,6-7,9-10H,3,5,8H2,1-2H3/t10-/m0/s1. The molecule has 1 rings (SSSR count). The van der Waals surface area contributed by atoms with Crippen molar-refractivity contribution < 1.29 is 0 Å². The quantitative estimate of drug-likeness (QED) is 0.673. The molecule has 0 radical (unpaired) electrons. The molecule has 0 fully saturated rings. The van der Waals surface area contributed by atoms with Gasteiger partial charge in [0.1, 0.15) is 0 Å². The van der Waals surface area contributed by atoms with Gasteiger partial charge in [0.25, 0.3) is 0 Å². The minimum atomic E-state index is 0.767. The lowest BCUT2D eigenvalue weighted by Gasteiger charge is -2.09. The van der Waals surface area contributed by atoms with E-state index in [9.17, 15) is 0 Å². The van der Waals surface area contributed by atoms with Gasteiger partial charge in [-0.15, -0.1) is 0 Å². The molecule has 1 heteroatoms. The van der Waals surface area contributed by atoms with Crippen molar-refractivity contribution in [3.05, 3.63) is 34.9 Å². The predicted molar refractivity (Wildman–Crippen MR) is 59.2 cm³/mol. The minimum Gasteiger partial charge on any atom is -0.0843 e. The highest BCUT2D eigenvalue weighted by atomic mass is 35.5. The maximum atomic E-state index is 5.91. The molecule has 0 saturated heterocycles. The molecule has 0 bridgehead atoms. The fraction of sp³-hybridized carbons (Fsp3) is 0.500. The average Bonchev–Trinajstić information content (AvgIpc) is 2.04. The number of rotatable bonds is 4. The van der Waals surface area contributed by atoms with Gasteiger partial charge < -0.3 is 0 Å². The molecule has 0 nitrogen and oxygen atoms in total. The summed E-state index contributed by atoms with van der Waals surface area (Å²) in [6, 6.07) is 8.16. The number of hydrogen-bond donors (Lipinski definition) is 0. The first-order valence-corrected chi connectivity index (χ1v) is 5.34. The lowest BCUT2D eigenvalue weighted by Crippen LogP contribution is -1.98. The van der Waals surface area contributed by atoms with E-state index < -0.39 is 0 Å². The van der Waals surface area contributed by atoms with E-state index in [1.54, 1.807) is 0 Å². The van der Waals surface area contributed by atoms with Gasteiger partial charge in [-0.3, -0.25) is 0 Å². The van der Waals surface area contributed by atoms with Crippen LogP contribution >= 0.6 is 11.6 Å². The van der Waals surface area contributed by atoms with E-state index in [-0.39, 0.29) is 0 Å². The first kappa shape index (κ1) is 10.6. The van der Waals surface area contributed by atoms with Crippen LogP contribution in [-0.2, 0) is 6.42 Å². The van der Waals surface area contributed by atoms with Gasteiger partial charge in [0.15, 0.2) is 0 Å². The number of hydrogen-bond acceptors (Lipinski definition) is 0. The van der Waals surface area contributed by atoms with Gasteiger partial charge in [-0.1, -0.05) is 50.4 Å². The fourth-order valence-electron chi connectivity index (χ4n) is 1.66. The van der Waals surface area contributed by atoms with Crippen LogP contribution in [0.15, 0.2) is 24.3 Å². The largest absolute Gasteiger partial charge is 0.0843 e. The van der Waals surface area contributed by atoms with E-state index in [1.165, 1.54) is 18.4 Å². The summed E-state index contributed by atoms with van der Waals surface area (Å²) in [6.45, 7) is 4.53. The molecule has 1 atom stereocenters. The molecule has 0 N–H and O–H groups in total. The van der Waals surface area contributed by atoms with E-state index in [0.29, 0.717) is 0 Å². The first-order valence-electron chi connectivity index (χ1n) is 4.96. The third-order valence-corrected chi connectivity index (χ3v) is 2.49. The van der Waals surface area contributed by atoms with Crippen LogP contribution in [0.4, 0.5) is 0 Å². The molecule has 1 aromatic carbocycles. The van der Waals surface area contributed by atoms with Crippen molar-refractivity contribution in [3.8, 4) is 0 Å². The van der Waals surface area contributed by atoms with Crippen LogP contribution in [-0.4, -0.2) is 0 Å². The molecular weight excluding hydrogens is 180 g/mol. The van der Waals surface area contributed by atoms with Crippen molar-refractivity contribution in [1.82, 2.24) is 0 Å². The Labute approximate surface area is 85.9 Å². The second kappa shape index (κ2) is 5.29. The molecule has 0 amide bonds. The molecule has 72 valence electrons. The molecule has 13 heavy (non-hydrogen) atoms. The van der Waals surface area contributed by atoms with Crippen LogP contribution in [0.5, 0.6) is 0 Å². The van der Waals surface area contributed by atoms with E-state index >= 15 is 0 Å². The van der Waals surface area contributed by atoms with E-state index in [2.05, 4.69) is 26.0 Å². The summed E-state index contributed by atoms with van der Waals surface area (Å²) >= 11 is 5.91. The summed E-state index contributed by atoms with van der Waals surface area (Å²) in [7, 11) is 0. The van der Waals surface area contributed by atoms with Gasteiger partial charge in [-0.25, -0.2) is 0 Å². The Morgan fingerprint density at radius 2 is 2.15 bits per heavy atom. The highest BCUT2D eigenvalue weighted by Crippen LogP contribution is 2.16. The van der Waals surface area contributed by atoms with Crippen molar-refractivity contribution in [3.63, 3.8) is 0 Å². The molecule has 0 unspecified atom stereocenters. The van der Waals surface area contributed by atoms with E-state index in [4.69, 9.17) is 11.6 Å². The van der Waals surface area contributed by atoms with Gasteiger partial charge in [-0.2, -0.15) is 0 Å². The zero-order valence-corrected chi connectivity index (χ0v) is 9.14. The smallest absolute Gasteiger partial charge is 0.0408 e. The van der Waals surface area contributed by atoms with Gasteiger partial charge >= 0.3 is 0 Å². The molecule has 0 heterocycles. The minimum absolute atomic E-state index is 0.767. The van der Waals surface area contributed by atoms with Crippen molar-refractivity contribution in [2.75, 3.05) is 0 Å². The van der Waals surface area contributed by atoms with Crippen LogP contribution in [0.3, 0.4) is 0 Å². The lowest BCUT2D eigenvalue weighted by atomic mass is 9.97. The van der Waals surface area contributed by atoms with Gasteiger partial charge in [-0.05, 0) is 30.0 Å². The maximum Gasteiger partial charge on any atom is 0.0408 e. The Bertz CT molecular complexity index is 255. The van der Waals surface area contributed by atoms with Crippen LogP contribution in [0.2, 0.25) is 5.02 Å². The first-order chi connectivity index (χ1) is 6.22. The molecule has 0 aliphatic carbocycles. The normalized spacial score (nSPS) is 12.8. The zero-order chi connectivity index (χ0) is 9.68. The zero-order valence-electron chi connectivity index (χ0n) is 8.39. The Morgan fingerprint density at radius 3 is 2.77 bits per heavy atom. The molecule has 0 aromatic heterocycles. The summed E-state index contributed by atoms with van der Waals surface area (Å²) in [5.41, 5.74) is 1.36. The second-order valence-corrected chi connectivity index (χ2v) is 4.16. The molecule has 0 aliphatic heterocycles. The fourth-order valence-corrected chi connectivity index (χ4v) is 1.87. The Balaban J connectivity index is 2.53. The lowest BCUT2D eigenvalue weighted by molar-refractivity contribution is 0.522. The summed E-state index contributed by atoms with van der Waals surface area (Å²) in [5.74, 6) is 0.767. The molecule has 0 saturated carbocycles. The van der Waals surface area contributed by atoms with Crippen molar-refractivity contribution in [2.45, 2.75) is 33.1 Å². The average molecular weight is 197 g/mol. The predicted octanol–water partition coefficient (Wildman–Crippen LogP) is 4.32. The third-order valence-electron chi connectivity index (χ3n) is 2.25. The third kappa shape index (κ3) is 3.82. The topological polar surface area (TPSA) is 0 Å². The highest BCUT2D eigenvalue weighted by molar-refractivity contribution is 6.30. The Hall–Kier alpha value is -0.490. The number of halogens is 1. The SMILES string of the molecule is CCC[C@H](C)Cc1cccc(Cl)c1. The summed E-state index contributed by atoms with van der Waals surface area (Å²) in [5, 5.41) is 0.848. The van der Waals surface area contributed by atoms with E-state index in [1.807, 2.05) is 12.1 Å². The van der Waals surface area contributed by atoms with Crippen molar-refractivity contribution in [1.29, 1.82) is 0 Å². The molecule has 0 aliphatic rings. The van der Waals surface area contributed by atoms with Crippen molar-refractivity contribution in [2.24, 2.45) is 5.92 Å². The molecule has 1 aromatic rings. The summed E-state index contributed by atoms with van der Waals surface area (Å²) < 4.78 is 0. The van der Waals surface area contributed by atoms with Crippen LogP contribution in [0.25, 0.3) is 0 Å². The summed E-state index contributed by atoms with van der Waals surface area (Å²) in [6.07, 6.45) is 3.71. The van der Waals surface area contributed by atoms with Crippen LogP contribution < -0.4 is 0 Å².